The van der Waals surface area contributed by atoms with E-state index in [2.05, 4.69) is 36.2 Å². The summed E-state index contributed by atoms with van der Waals surface area (Å²) < 4.78 is 25.1. The normalized spacial score (nSPS) is 18.3. The number of hydrogen-bond donors (Lipinski definition) is 0. The van der Waals surface area contributed by atoms with Crippen molar-refractivity contribution in [1.29, 1.82) is 0 Å². The number of hydrogen-bond acceptors (Lipinski definition) is 3. The molecule has 27 heavy (non-hydrogen) atoms. The fraction of sp³-hybridized carbons (Fsp3) is 0.391. The van der Waals surface area contributed by atoms with Crippen molar-refractivity contribution in [2.75, 3.05) is 25.9 Å². The Kier molecular flexibility index (Phi) is 5.20. The Hall–Kier alpha value is -1.91. The van der Waals surface area contributed by atoms with Gasteiger partial charge in [0, 0.05) is 0 Å². The van der Waals surface area contributed by atoms with Crippen molar-refractivity contribution < 1.29 is 8.42 Å². The standard InChI is InChI=1S/C23H27NO2S/c1-24-14-11-20(12-15-24)22-10-9-19-8-7-18(17-23(19)22)13-16-27(25,26)21-5-3-2-4-6-21/h2-8,10,17,20H,9,11-16H2,1H3. The predicted molar refractivity (Wildman–Crippen MR) is 111 cm³/mol. The summed E-state index contributed by atoms with van der Waals surface area (Å²) in [4.78, 5) is 2.82. The molecule has 0 bridgehead atoms. The van der Waals surface area contributed by atoms with E-state index in [9.17, 15) is 8.42 Å². The van der Waals surface area contributed by atoms with E-state index in [1.807, 2.05) is 6.07 Å². The SMILES string of the molecule is CN1CCC(C2=CCc3ccc(CCS(=O)(=O)c4ccccc4)cc32)CC1. The summed E-state index contributed by atoms with van der Waals surface area (Å²) in [5, 5.41) is 0. The molecule has 4 rings (SSSR count). The highest BCUT2D eigenvalue weighted by atomic mass is 32.2. The molecule has 0 unspecified atom stereocenters. The molecule has 4 heteroatoms. The Labute approximate surface area is 162 Å². The lowest BCUT2D eigenvalue weighted by molar-refractivity contribution is 0.248. The minimum Gasteiger partial charge on any atom is -0.306 e. The monoisotopic (exact) mass is 381 g/mol. The summed E-state index contributed by atoms with van der Waals surface area (Å²) >= 11 is 0. The predicted octanol–water partition coefficient (Wildman–Crippen LogP) is 3.98. The molecular formula is C23H27NO2S. The Morgan fingerprint density at radius 2 is 1.78 bits per heavy atom. The third-order valence-electron chi connectivity index (χ3n) is 5.95. The van der Waals surface area contributed by atoms with Crippen LogP contribution >= 0.6 is 0 Å². The number of benzene rings is 2. The van der Waals surface area contributed by atoms with Crippen LogP contribution in [-0.2, 0) is 22.7 Å². The number of aryl methyl sites for hydroxylation is 1. The van der Waals surface area contributed by atoms with Crippen LogP contribution in [0.4, 0.5) is 0 Å². The molecule has 0 N–H and O–H groups in total. The fourth-order valence-electron chi connectivity index (χ4n) is 4.26. The van der Waals surface area contributed by atoms with Crippen molar-refractivity contribution in [3.05, 3.63) is 71.3 Å². The number of allylic oxidation sites excluding steroid dienone is 2. The van der Waals surface area contributed by atoms with E-state index >= 15 is 0 Å². The number of sulfone groups is 1. The molecule has 0 spiro atoms. The van der Waals surface area contributed by atoms with Crippen LogP contribution in [0.15, 0.2) is 59.5 Å². The molecule has 2 aliphatic rings. The quantitative estimate of drug-likeness (QED) is 0.786. The van der Waals surface area contributed by atoms with Gasteiger partial charge in [0.15, 0.2) is 9.84 Å². The lowest BCUT2D eigenvalue weighted by atomic mass is 9.86. The number of piperidine rings is 1. The van der Waals surface area contributed by atoms with Crippen LogP contribution in [0.2, 0.25) is 0 Å². The fourth-order valence-corrected chi connectivity index (χ4v) is 5.57. The third kappa shape index (κ3) is 4.02. The van der Waals surface area contributed by atoms with Crippen LogP contribution < -0.4 is 0 Å². The van der Waals surface area contributed by atoms with Gasteiger partial charge in [-0.3, -0.25) is 0 Å². The average molecular weight is 382 g/mol. The molecule has 0 aromatic heterocycles. The van der Waals surface area contributed by atoms with Gasteiger partial charge in [-0.1, -0.05) is 42.5 Å². The van der Waals surface area contributed by atoms with Crippen LogP contribution in [0.25, 0.3) is 5.57 Å². The number of fused-ring (bicyclic) bond motifs is 1. The zero-order chi connectivity index (χ0) is 18.9. The first-order valence-corrected chi connectivity index (χ1v) is 11.5. The first-order chi connectivity index (χ1) is 13.0. The summed E-state index contributed by atoms with van der Waals surface area (Å²) in [5.74, 6) is 0.800. The van der Waals surface area contributed by atoms with Gasteiger partial charge in [-0.15, -0.1) is 0 Å². The number of likely N-dealkylation sites (tertiary alicyclic amines) is 1. The Morgan fingerprint density at radius 1 is 1.04 bits per heavy atom. The van der Waals surface area contributed by atoms with Gasteiger partial charge in [0.25, 0.3) is 0 Å². The molecule has 2 aromatic rings. The maximum absolute atomic E-state index is 12.6. The largest absolute Gasteiger partial charge is 0.306 e. The van der Waals surface area contributed by atoms with E-state index in [1.54, 1.807) is 24.3 Å². The van der Waals surface area contributed by atoms with Crippen molar-refractivity contribution in [2.24, 2.45) is 5.92 Å². The molecule has 1 heterocycles. The van der Waals surface area contributed by atoms with E-state index < -0.39 is 9.84 Å². The molecule has 1 fully saturated rings. The Morgan fingerprint density at radius 3 is 2.52 bits per heavy atom. The summed E-state index contributed by atoms with van der Waals surface area (Å²) in [7, 11) is -1.04. The molecular weight excluding hydrogens is 354 g/mol. The third-order valence-corrected chi connectivity index (χ3v) is 7.68. The molecule has 3 nitrogen and oxygen atoms in total. The summed E-state index contributed by atoms with van der Waals surface area (Å²) in [6, 6.07) is 15.3. The van der Waals surface area contributed by atoms with Gasteiger partial charge in [0.05, 0.1) is 10.6 Å². The van der Waals surface area contributed by atoms with E-state index in [0.29, 0.717) is 17.2 Å². The van der Waals surface area contributed by atoms with Gasteiger partial charge in [0.2, 0.25) is 0 Å². The second-order valence-electron chi connectivity index (χ2n) is 7.81. The maximum Gasteiger partial charge on any atom is 0.178 e. The molecule has 142 valence electrons. The summed E-state index contributed by atoms with van der Waals surface area (Å²) in [6.07, 6.45) is 6.40. The van der Waals surface area contributed by atoms with Crippen LogP contribution in [0, 0.1) is 5.92 Å². The van der Waals surface area contributed by atoms with Crippen LogP contribution in [0.5, 0.6) is 0 Å². The van der Waals surface area contributed by atoms with Gasteiger partial charge < -0.3 is 4.90 Å². The maximum atomic E-state index is 12.6. The van der Waals surface area contributed by atoms with Crippen LogP contribution in [-0.4, -0.2) is 39.2 Å². The molecule has 0 atom stereocenters. The van der Waals surface area contributed by atoms with E-state index in [1.165, 1.54) is 29.5 Å². The van der Waals surface area contributed by atoms with Crippen molar-refractivity contribution in [3.63, 3.8) is 0 Å². The van der Waals surface area contributed by atoms with E-state index in [-0.39, 0.29) is 5.75 Å². The molecule has 1 aliphatic heterocycles. The summed E-state index contributed by atoms with van der Waals surface area (Å²) in [6.45, 7) is 2.32. The topological polar surface area (TPSA) is 37.4 Å². The van der Waals surface area contributed by atoms with Crippen LogP contribution in [0.1, 0.15) is 29.5 Å². The van der Waals surface area contributed by atoms with E-state index in [0.717, 1.165) is 25.1 Å². The molecule has 2 aromatic carbocycles. The zero-order valence-electron chi connectivity index (χ0n) is 15.9. The second kappa shape index (κ2) is 7.61. The van der Waals surface area contributed by atoms with E-state index in [4.69, 9.17) is 0 Å². The lowest BCUT2D eigenvalue weighted by Gasteiger charge is -2.30. The number of nitrogens with zero attached hydrogens (tertiary/aromatic N) is 1. The Bertz CT molecular complexity index is 940. The minimum absolute atomic E-state index is 0.156. The average Bonchev–Trinajstić information content (AvgIpc) is 3.11. The molecule has 0 amide bonds. The highest BCUT2D eigenvalue weighted by Gasteiger charge is 2.25. The second-order valence-corrected chi connectivity index (χ2v) is 9.92. The molecule has 0 radical (unpaired) electrons. The minimum atomic E-state index is -3.23. The van der Waals surface area contributed by atoms with Crippen molar-refractivity contribution in [2.45, 2.75) is 30.6 Å². The smallest absolute Gasteiger partial charge is 0.178 e. The first-order valence-electron chi connectivity index (χ1n) is 9.81. The van der Waals surface area contributed by atoms with Crippen molar-refractivity contribution in [1.82, 2.24) is 4.90 Å². The highest BCUT2D eigenvalue weighted by Crippen LogP contribution is 2.38. The van der Waals surface area contributed by atoms with Gasteiger partial charge in [-0.2, -0.15) is 0 Å². The highest BCUT2D eigenvalue weighted by molar-refractivity contribution is 7.91. The van der Waals surface area contributed by atoms with Crippen molar-refractivity contribution >= 4 is 15.4 Å². The molecule has 1 aliphatic carbocycles. The molecule has 0 saturated carbocycles. The summed E-state index contributed by atoms with van der Waals surface area (Å²) in [5.41, 5.74) is 5.36. The molecule has 1 saturated heterocycles. The Balaban J connectivity index is 1.49. The number of rotatable bonds is 5. The van der Waals surface area contributed by atoms with Gasteiger partial charge in [-0.25, -0.2) is 8.42 Å². The van der Waals surface area contributed by atoms with Gasteiger partial charge in [0.1, 0.15) is 0 Å². The van der Waals surface area contributed by atoms with Gasteiger partial charge in [-0.05, 0) is 86.1 Å². The van der Waals surface area contributed by atoms with Crippen molar-refractivity contribution in [3.8, 4) is 0 Å². The first kappa shape index (κ1) is 18.5. The van der Waals surface area contributed by atoms with Crippen LogP contribution in [0.3, 0.4) is 0 Å². The lowest BCUT2D eigenvalue weighted by Crippen LogP contribution is -2.30. The van der Waals surface area contributed by atoms with Gasteiger partial charge >= 0.3 is 0 Å². The zero-order valence-corrected chi connectivity index (χ0v) is 16.7.